The molecule has 0 bridgehead atoms. The van der Waals surface area contributed by atoms with Crippen LogP contribution in [0.2, 0.25) is 0 Å². The van der Waals surface area contributed by atoms with E-state index in [1.54, 1.807) is 30.1 Å². The molecule has 11 heteroatoms. The number of rotatable bonds is 13. The molecule has 186 valence electrons. The minimum atomic E-state index is -0.505. The number of thiazole rings is 1. The molecule has 0 atom stereocenters. The van der Waals surface area contributed by atoms with Crippen LogP contribution in [-0.4, -0.2) is 80.7 Å². The molecule has 1 aromatic carbocycles. The van der Waals surface area contributed by atoms with Crippen molar-refractivity contribution in [2.24, 2.45) is 0 Å². The van der Waals surface area contributed by atoms with Gasteiger partial charge in [0.2, 0.25) is 0 Å². The van der Waals surface area contributed by atoms with Crippen molar-refractivity contribution in [3.63, 3.8) is 0 Å². The molecule has 1 heterocycles. The minimum Gasteiger partial charge on any atom is -0.460 e. The molecule has 1 aromatic heterocycles. The topological polar surface area (TPSA) is 123 Å². The highest BCUT2D eigenvalue weighted by Crippen LogP contribution is 2.26. The largest absolute Gasteiger partial charge is 0.460 e. The number of hydrogen-bond donors (Lipinski definition) is 1. The number of nitrogens with zero attached hydrogens (tertiary/aromatic N) is 3. The summed E-state index contributed by atoms with van der Waals surface area (Å²) in [7, 11) is 1.80. The van der Waals surface area contributed by atoms with Crippen molar-refractivity contribution in [1.82, 2.24) is 15.2 Å². The quantitative estimate of drug-likeness (QED) is 0.332. The van der Waals surface area contributed by atoms with Gasteiger partial charge >= 0.3 is 12.1 Å². The summed E-state index contributed by atoms with van der Waals surface area (Å²) in [4.78, 5) is 30.0. The molecule has 1 N–H and O–H groups in total. The first kappa shape index (κ1) is 27.5. The van der Waals surface area contributed by atoms with Crippen LogP contribution in [0.4, 0.5) is 4.79 Å². The minimum absolute atomic E-state index is 0.187. The van der Waals surface area contributed by atoms with E-state index in [1.165, 1.54) is 11.3 Å². The zero-order valence-corrected chi connectivity index (χ0v) is 20.9. The number of esters is 1. The maximum Gasteiger partial charge on any atom is 0.415 e. The number of hydrogen-bond acceptors (Lipinski definition) is 10. The fraction of sp³-hybridized carbons (Fsp3) is 0.565. The van der Waals surface area contributed by atoms with Crippen LogP contribution in [0.1, 0.15) is 32.2 Å². The van der Waals surface area contributed by atoms with Crippen LogP contribution >= 0.6 is 11.3 Å². The maximum atomic E-state index is 12.7. The number of ether oxygens (including phenoxy) is 4. The second kappa shape index (κ2) is 13.8. The van der Waals surface area contributed by atoms with E-state index in [0.717, 1.165) is 4.70 Å². The van der Waals surface area contributed by atoms with E-state index in [2.05, 4.69) is 10.3 Å². The molecule has 2 aromatic rings. The average Bonchev–Trinajstić information content (AvgIpc) is 3.18. The fourth-order valence-electron chi connectivity index (χ4n) is 2.77. The number of carbonyl (C=O) groups is 2. The number of fused-ring (bicyclic) bond motifs is 1. The molecule has 10 nitrogen and oxygen atoms in total. The zero-order chi connectivity index (χ0) is 25.0. The lowest BCUT2D eigenvalue weighted by Crippen LogP contribution is -2.40. The lowest BCUT2D eigenvalue weighted by molar-refractivity contribution is -0.156. The van der Waals surface area contributed by atoms with Gasteiger partial charge in [-0.25, -0.2) is 9.78 Å². The first-order valence-corrected chi connectivity index (χ1v) is 11.8. The van der Waals surface area contributed by atoms with Crippen molar-refractivity contribution in [3.8, 4) is 11.8 Å². The first-order chi connectivity index (χ1) is 16.2. The van der Waals surface area contributed by atoms with Gasteiger partial charge in [0.1, 0.15) is 17.4 Å². The molecule has 0 fully saturated rings. The van der Waals surface area contributed by atoms with Crippen LogP contribution < -0.4 is 10.1 Å². The van der Waals surface area contributed by atoms with E-state index in [0.29, 0.717) is 55.7 Å². The highest BCUT2D eigenvalue weighted by atomic mass is 32.1. The van der Waals surface area contributed by atoms with Crippen LogP contribution in [0, 0.1) is 11.3 Å². The highest BCUT2D eigenvalue weighted by molar-refractivity contribution is 7.19. The number of likely N-dealkylation sites (N-methyl/N-ethyl adjacent to an activating group) is 1. The van der Waals surface area contributed by atoms with E-state index in [1.807, 2.05) is 26.8 Å². The Labute approximate surface area is 203 Å². The molecule has 0 spiro atoms. The van der Waals surface area contributed by atoms with Gasteiger partial charge in [0, 0.05) is 25.7 Å². The molecular weight excluding hydrogens is 460 g/mol. The molecule has 34 heavy (non-hydrogen) atoms. The molecule has 0 saturated heterocycles. The first-order valence-electron chi connectivity index (χ1n) is 11.0. The Morgan fingerprint density at radius 1 is 1.15 bits per heavy atom. The number of benzene rings is 1. The highest BCUT2D eigenvalue weighted by Gasteiger charge is 2.17. The lowest BCUT2D eigenvalue weighted by Gasteiger charge is -2.22. The van der Waals surface area contributed by atoms with Gasteiger partial charge in [0.15, 0.2) is 5.01 Å². The third-order valence-corrected chi connectivity index (χ3v) is 5.22. The summed E-state index contributed by atoms with van der Waals surface area (Å²) in [5.41, 5.74) is 0.185. The predicted molar refractivity (Wildman–Crippen MR) is 128 cm³/mol. The van der Waals surface area contributed by atoms with Gasteiger partial charge in [0.05, 0.1) is 43.1 Å². The van der Waals surface area contributed by atoms with E-state index >= 15 is 0 Å². The van der Waals surface area contributed by atoms with Gasteiger partial charge in [0.25, 0.3) is 0 Å². The lowest BCUT2D eigenvalue weighted by atomic mass is 10.2. The maximum absolute atomic E-state index is 12.7. The van der Waals surface area contributed by atoms with E-state index in [9.17, 15) is 9.59 Å². The smallest absolute Gasteiger partial charge is 0.415 e. The zero-order valence-electron chi connectivity index (χ0n) is 20.1. The SMILES string of the molecule is CNCCN(CCOCCOCCC(=O)OC(C)(C)C)C(=O)Oc1ccc2nc(C#N)sc2c1. The van der Waals surface area contributed by atoms with Crippen LogP contribution in [0.3, 0.4) is 0 Å². The third kappa shape index (κ3) is 10.0. The summed E-state index contributed by atoms with van der Waals surface area (Å²) in [5.74, 6) is 0.0894. The molecule has 0 unspecified atom stereocenters. The number of aromatic nitrogens is 1. The van der Waals surface area contributed by atoms with Crippen molar-refractivity contribution in [1.29, 1.82) is 5.26 Å². The molecule has 0 aliphatic heterocycles. The van der Waals surface area contributed by atoms with Gasteiger partial charge < -0.3 is 29.2 Å². The second-order valence-corrected chi connectivity index (χ2v) is 9.31. The molecule has 0 aliphatic carbocycles. The fourth-order valence-corrected chi connectivity index (χ4v) is 3.56. The summed E-state index contributed by atoms with van der Waals surface area (Å²) in [6, 6.07) is 7.09. The Bertz CT molecular complexity index is 982. The number of nitrogens with one attached hydrogen (secondary N) is 1. The Balaban J connectivity index is 1.72. The summed E-state index contributed by atoms with van der Waals surface area (Å²) in [6.45, 7) is 8.11. The van der Waals surface area contributed by atoms with Crippen LogP contribution in [0.5, 0.6) is 5.75 Å². The van der Waals surface area contributed by atoms with Crippen LogP contribution in [-0.2, 0) is 19.0 Å². The predicted octanol–water partition coefficient (Wildman–Crippen LogP) is 2.95. The Morgan fingerprint density at radius 3 is 2.56 bits per heavy atom. The van der Waals surface area contributed by atoms with Crippen LogP contribution in [0.25, 0.3) is 10.2 Å². The standard InChI is InChI=1S/C23H32N4O6S/c1-23(2,3)33-21(28)7-11-30-13-14-31-12-10-27(9-8-25-4)22(29)32-17-5-6-18-19(15-17)34-20(16-24)26-18/h5-6,15,25H,7-14H2,1-4H3. The molecule has 1 amide bonds. The van der Waals surface area contributed by atoms with E-state index < -0.39 is 11.7 Å². The number of carbonyl (C=O) groups excluding carboxylic acids is 2. The van der Waals surface area contributed by atoms with Gasteiger partial charge in [-0.2, -0.15) is 5.26 Å². The monoisotopic (exact) mass is 492 g/mol. The van der Waals surface area contributed by atoms with Crippen molar-refractivity contribution in [2.75, 3.05) is 53.1 Å². The molecule has 2 rings (SSSR count). The van der Waals surface area contributed by atoms with E-state index in [4.69, 9.17) is 24.2 Å². The van der Waals surface area contributed by atoms with Crippen molar-refractivity contribution >= 4 is 33.6 Å². The summed E-state index contributed by atoms with van der Waals surface area (Å²) >= 11 is 1.24. The summed E-state index contributed by atoms with van der Waals surface area (Å²) < 4.78 is 22.5. The van der Waals surface area contributed by atoms with Crippen molar-refractivity contribution < 1.29 is 28.5 Å². The Kier molecular flexibility index (Phi) is 11.2. The normalized spacial score (nSPS) is 11.3. The van der Waals surface area contributed by atoms with E-state index in [-0.39, 0.29) is 19.0 Å². The van der Waals surface area contributed by atoms with Gasteiger partial charge in [-0.3, -0.25) is 4.79 Å². The molecule has 0 saturated carbocycles. The number of amides is 1. The van der Waals surface area contributed by atoms with Crippen molar-refractivity contribution in [2.45, 2.75) is 32.8 Å². The molecule has 0 radical (unpaired) electrons. The van der Waals surface area contributed by atoms with Crippen molar-refractivity contribution in [3.05, 3.63) is 23.2 Å². The Hall–Kier alpha value is -2.78. The average molecular weight is 493 g/mol. The van der Waals surface area contributed by atoms with Gasteiger partial charge in [-0.1, -0.05) is 0 Å². The van der Waals surface area contributed by atoms with Crippen LogP contribution in [0.15, 0.2) is 18.2 Å². The second-order valence-electron chi connectivity index (χ2n) is 8.28. The molecular formula is C23H32N4O6S. The molecule has 0 aliphatic rings. The Morgan fingerprint density at radius 2 is 1.88 bits per heavy atom. The summed E-state index contributed by atoms with van der Waals surface area (Å²) in [6.07, 6.45) is -0.302. The van der Waals surface area contributed by atoms with Gasteiger partial charge in [-0.05, 0) is 40.0 Å². The summed E-state index contributed by atoms with van der Waals surface area (Å²) in [5, 5.41) is 12.4. The number of nitriles is 1. The van der Waals surface area contributed by atoms with Gasteiger partial charge in [-0.15, -0.1) is 11.3 Å². The third-order valence-electron chi connectivity index (χ3n) is 4.30.